The first kappa shape index (κ1) is 18.9. The highest BCUT2D eigenvalue weighted by atomic mass is 19.4. The number of rotatable bonds is 2. The third kappa shape index (κ3) is 3.08. The fourth-order valence-electron chi connectivity index (χ4n) is 2.95. The number of nitrogens with zero attached hydrogens (tertiary/aromatic N) is 7. The second-order valence-corrected chi connectivity index (χ2v) is 6.33. The number of aliphatic hydroxyl groups is 1. The van der Waals surface area contributed by atoms with E-state index >= 15 is 0 Å². The summed E-state index contributed by atoms with van der Waals surface area (Å²) in [5.41, 5.74) is 2.70. The molecular weight excluding hydrogens is 393 g/mol. The van der Waals surface area contributed by atoms with Crippen molar-refractivity contribution in [3.8, 4) is 5.75 Å². The highest BCUT2D eigenvalue weighted by Crippen LogP contribution is 2.42. The van der Waals surface area contributed by atoms with Gasteiger partial charge in [-0.3, -0.25) is 0 Å². The molecule has 0 saturated carbocycles. The molecule has 2 aromatic rings. The summed E-state index contributed by atoms with van der Waals surface area (Å²) < 4.78 is 47.7. The van der Waals surface area contributed by atoms with Gasteiger partial charge in [0.2, 0.25) is 0 Å². The Bertz CT molecular complexity index is 1030. The van der Waals surface area contributed by atoms with E-state index in [2.05, 4.69) is 25.4 Å². The van der Waals surface area contributed by atoms with Crippen molar-refractivity contribution < 1.29 is 23.0 Å². The molecule has 0 radical (unpaired) electrons. The molecular formula is C16H15F3N8O2. The van der Waals surface area contributed by atoms with Gasteiger partial charge in [-0.15, -0.1) is 10.2 Å². The highest BCUT2D eigenvalue weighted by Gasteiger charge is 2.63. The number of hydrazone groups is 1. The van der Waals surface area contributed by atoms with Crippen LogP contribution >= 0.6 is 0 Å². The molecule has 2 aliphatic heterocycles. The maximum atomic E-state index is 13.9. The Kier molecular flexibility index (Phi) is 4.26. The molecule has 1 aromatic heterocycles. The van der Waals surface area contributed by atoms with Crippen molar-refractivity contribution in [2.45, 2.75) is 24.7 Å². The molecule has 0 unspecified atom stereocenters. The Labute approximate surface area is 161 Å². The van der Waals surface area contributed by atoms with Crippen molar-refractivity contribution in [2.75, 3.05) is 7.11 Å². The molecule has 3 N–H and O–H groups in total. The SMILES string of the molecule is COc1ccc(C2=NN(C3=NN=C(N)Cc4ncnn43)[C@@](O)(C(F)(F)F)C2)cc1. The van der Waals surface area contributed by atoms with Gasteiger partial charge in [-0.1, -0.05) is 0 Å². The van der Waals surface area contributed by atoms with Crippen LogP contribution in [0.25, 0.3) is 0 Å². The number of hydrogen-bond acceptors (Lipinski definition) is 9. The van der Waals surface area contributed by atoms with Gasteiger partial charge >= 0.3 is 6.18 Å². The maximum Gasteiger partial charge on any atom is 0.438 e. The zero-order valence-corrected chi connectivity index (χ0v) is 15.0. The monoisotopic (exact) mass is 408 g/mol. The first-order chi connectivity index (χ1) is 13.7. The van der Waals surface area contributed by atoms with Gasteiger partial charge in [0.1, 0.15) is 23.7 Å². The lowest BCUT2D eigenvalue weighted by Crippen LogP contribution is -2.58. The molecule has 29 heavy (non-hydrogen) atoms. The molecule has 0 saturated heterocycles. The lowest BCUT2D eigenvalue weighted by atomic mass is 10.0. The lowest BCUT2D eigenvalue weighted by molar-refractivity contribution is -0.295. The van der Waals surface area contributed by atoms with Crippen LogP contribution in [-0.4, -0.2) is 61.4 Å². The summed E-state index contributed by atoms with van der Waals surface area (Å²) in [6.45, 7) is 0. The standard InChI is InChI=1S/C16H15F3N8O2/c1-29-10-4-2-9(3-5-10)11-7-15(28,16(17,18)19)27(25-11)14-24-23-12(20)6-13-21-8-22-26(13)14/h2-5,8,28H,6-7H2,1H3,(H2,20,23)/t15-/m0/s1. The van der Waals surface area contributed by atoms with E-state index in [1.165, 1.54) is 7.11 Å². The van der Waals surface area contributed by atoms with Crippen molar-refractivity contribution in [3.05, 3.63) is 42.0 Å². The predicted molar refractivity (Wildman–Crippen MR) is 95.2 cm³/mol. The van der Waals surface area contributed by atoms with Crippen molar-refractivity contribution in [3.63, 3.8) is 0 Å². The molecule has 10 nitrogen and oxygen atoms in total. The molecule has 0 fully saturated rings. The van der Waals surface area contributed by atoms with Crippen molar-refractivity contribution in [2.24, 2.45) is 21.0 Å². The molecule has 13 heteroatoms. The van der Waals surface area contributed by atoms with E-state index in [4.69, 9.17) is 10.5 Å². The van der Waals surface area contributed by atoms with E-state index in [-0.39, 0.29) is 23.8 Å². The smallest absolute Gasteiger partial charge is 0.438 e. The first-order valence-electron chi connectivity index (χ1n) is 8.33. The summed E-state index contributed by atoms with van der Waals surface area (Å²) in [6, 6.07) is 6.25. The third-order valence-corrected chi connectivity index (χ3v) is 4.47. The normalized spacial score (nSPS) is 21.8. The van der Waals surface area contributed by atoms with Crippen LogP contribution in [0.1, 0.15) is 17.8 Å². The number of alkyl halides is 3. The van der Waals surface area contributed by atoms with E-state index in [0.717, 1.165) is 11.0 Å². The Hall–Kier alpha value is -3.48. The summed E-state index contributed by atoms with van der Waals surface area (Å²) in [5.74, 6) is 0.297. The number of fused-ring (bicyclic) bond motifs is 1. The quantitative estimate of drug-likeness (QED) is 0.753. The molecule has 152 valence electrons. The van der Waals surface area contributed by atoms with E-state index < -0.39 is 24.3 Å². The number of aromatic nitrogens is 3. The van der Waals surface area contributed by atoms with Gasteiger partial charge in [-0.25, -0.2) is 4.98 Å². The number of ether oxygens (including phenoxy) is 1. The summed E-state index contributed by atoms with van der Waals surface area (Å²) in [7, 11) is 1.47. The van der Waals surface area contributed by atoms with Gasteiger partial charge in [0.05, 0.1) is 25.7 Å². The van der Waals surface area contributed by atoms with Crippen LogP contribution in [0.15, 0.2) is 45.9 Å². The average Bonchev–Trinajstić information content (AvgIpc) is 3.24. The average molecular weight is 408 g/mol. The first-order valence-corrected chi connectivity index (χ1v) is 8.33. The van der Waals surface area contributed by atoms with E-state index in [1.807, 2.05) is 0 Å². The Balaban J connectivity index is 1.83. The van der Waals surface area contributed by atoms with Crippen molar-refractivity contribution in [1.82, 2.24) is 19.8 Å². The Morgan fingerprint density at radius 3 is 2.59 bits per heavy atom. The molecule has 0 aliphatic carbocycles. The summed E-state index contributed by atoms with van der Waals surface area (Å²) in [4.78, 5) is 3.95. The van der Waals surface area contributed by atoms with E-state index in [1.54, 1.807) is 24.3 Å². The number of nitrogens with two attached hydrogens (primary N) is 1. The van der Waals surface area contributed by atoms with Crippen molar-refractivity contribution in [1.29, 1.82) is 0 Å². The number of methoxy groups -OCH3 is 1. The van der Waals surface area contributed by atoms with Crippen LogP contribution in [0, 0.1) is 0 Å². The van der Waals surface area contributed by atoms with Crippen LogP contribution in [0.2, 0.25) is 0 Å². The predicted octanol–water partition coefficient (Wildman–Crippen LogP) is 0.680. The number of hydrogen-bond donors (Lipinski definition) is 2. The molecule has 2 aliphatic rings. The minimum Gasteiger partial charge on any atom is -0.497 e. The molecule has 4 rings (SSSR count). The van der Waals surface area contributed by atoms with Crippen molar-refractivity contribution >= 4 is 17.5 Å². The molecule has 0 bridgehead atoms. The maximum absolute atomic E-state index is 13.9. The zero-order valence-electron chi connectivity index (χ0n) is 15.0. The number of benzene rings is 1. The number of halogens is 3. The molecule has 1 atom stereocenters. The van der Waals surface area contributed by atoms with Gasteiger partial charge in [-0.2, -0.15) is 33.1 Å². The van der Waals surface area contributed by atoms with E-state index in [0.29, 0.717) is 16.3 Å². The molecule has 1 aromatic carbocycles. The van der Waals surface area contributed by atoms with Crippen LogP contribution in [0.4, 0.5) is 13.2 Å². The van der Waals surface area contributed by atoms with Gasteiger partial charge in [0.25, 0.3) is 11.7 Å². The number of amidine groups is 1. The molecule has 3 heterocycles. The summed E-state index contributed by atoms with van der Waals surface area (Å²) >= 11 is 0. The topological polar surface area (TPSA) is 127 Å². The summed E-state index contributed by atoms with van der Waals surface area (Å²) in [5, 5.41) is 26.3. The third-order valence-electron chi connectivity index (χ3n) is 4.47. The van der Waals surface area contributed by atoms with Gasteiger partial charge < -0.3 is 15.6 Å². The second-order valence-electron chi connectivity index (χ2n) is 6.33. The van der Waals surface area contributed by atoms with Crippen LogP contribution in [0.5, 0.6) is 5.75 Å². The fourth-order valence-corrected chi connectivity index (χ4v) is 2.95. The summed E-state index contributed by atoms with van der Waals surface area (Å²) in [6.07, 6.45) is -4.72. The molecule has 0 spiro atoms. The minimum atomic E-state index is -5.06. The largest absolute Gasteiger partial charge is 0.497 e. The van der Waals surface area contributed by atoms with Crippen LogP contribution in [0.3, 0.4) is 0 Å². The zero-order chi connectivity index (χ0) is 20.8. The van der Waals surface area contributed by atoms with Gasteiger partial charge in [0, 0.05) is 0 Å². The molecule has 0 amide bonds. The van der Waals surface area contributed by atoms with Gasteiger partial charge in [-0.05, 0) is 29.8 Å². The second kappa shape index (κ2) is 6.55. The highest BCUT2D eigenvalue weighted by molar-refractivity contribution is 6.04. The van der Waals surface area contributed by atoms with Gasteiger partial charge in [0.15, 0.2) is 0 Å². The van der Waals surface area contributed by atoms with Crippen LogP contribution in [-0.2, 0) is 6.42 Å². The van der Waals surface area contributed by atoms with Crippen LogP contribution < -0.4 is 10.5 Å². The Morgan fingerprint density at radius 2 is 1.93 bits per heavy atom. The minimum absolute atomic E-state index is 0.00181. The van der Waals surface area contributed by atoms with E-state index in [9.17, 15) is 18.3 Å². The Morgan fingerprint density at radius 1 is 1.21 bits per heavy atom. The lowest BCUT2D eigenvalue weighted by Gasteiger charge is -2.33. The fraction of sp³-hybridized carbons (Fsp3) is 0.312.